The molecule has 1 aromatic heterocycles. The molecule has 0 atom stereocenters. The number of thioether (sulfide) groups is 2. The van der Waals surface area contributed by atoms with E-state index in [1.54, 1.807) is 42.6 Å². The summed E-state index contributed by atoms with van der Waals surface area (Å²) in [5.41, 5.74) is 1.67. The van der Waals surface area contributed by atoms with E-state index in [0.29, 0.717) is 18.7 Å². The largest absolute Gasteiger partial charge is 0.462 e. The van der Waals surface area contributed by atoms with Crippen LogP contribution in [0.25, 0.3) is 0 Å². The van der Waals surface area contributed by atoms with Crippen molar-refractivity contribution < 1.29 is 9.53 Å². The molecule has 0 amide bonds. The van der Waals surface area contributed by atoms with E-state index in [1.165, 1.54) is 4.90 Å². The van der Waals surface area contributed by atoms with Crippen molar-refractivity contribution in [3.8, 4) is 0 Å². The van der Waals surface area contributed by atoms with Gasteiger partial charge in [-0.05, 0) is 36.8 Å². The number of hydrogen-bond donors (Lipinski definition) is 0. The second-order valence-corrected chi connectivity index (χ2v) is 8.10. The lowest BCUT2D eigenvalue weighted by atomic mass is 10.1. The third kappa shape index (κ3) is 5.98. The SMILES string of the molecule is C=CCn1c(CSc2ccccc2)nnc1SCc1ccc(C(=O)OCC)cc1. The fourth-order valence-electron chi connectivity index (χ4n) is 2.61. The summed E-state index contributed by atoms with van der Waals surface area (Å²) < 4.78 is 7.12. The van der Waals surface area contributed by atoms with Gasteiger partial charge in [-0.25, -0.2) is 4.79 Å². The molecule has 0 spiro atoms. The average Bonchev–Trinajstić information content (AvgIpc) is 3.14. The molecule has 5 nitrogen and oxygen atoms in total. The standard InChI is InChI=1S/C22H23N3O2S2/c1-3-14-25-20(16-28-19-8-6-5-7-9-19)23-24-22(25)29-15-17-10-12-18(13-11-17)21(26)27-4-2/h3,5-13H,1,4,14-16H2,2H3. The van der Waals surface area contributed by atoms with Crippen LogP contribution in [0.3, 0.4) is 0 Å². The van der Waals surface area contributed by atoms with Gasteiger partial charge in [0.1, 0.15) is 5.82 Å². The molecule has 2 aromatic carbocycles. The molecular formula is C22H23N3O2S2. The number of allylic oxidation sites excluding steroid dienone is 1. The van der Waals surface area contributed by atoms with Crippen LogP contribution < -0.4 is 0 Å². The number of aromatic nitrogens is 3. The highest BCUT2D eigenvalue weighted by Crippen LogP contribution is 2.26. The molecule has 0 bridgehead atoms. The van der Waals surface area contributed by atoms with Crippen LogP contribution in [0.5, 0.6) is 0 Å². The molecule has 0 fully saturated rings. The van der Waals surface area contributed by atoms with Gasteiger partial charge >= 0.3 is 5.97 Å². The van der Waals surface area contributed by atoms with Gasteiger partial charge in [-0.3, -0.25) is 0 Å². The predicted octanol–water partition coefficient (Wildman–Crippen LogP) is 5.23. The number of hydrogen-bond acceptors (Lipinski definition) is 6. The van der Waals surface area contributed by atoms with Gasteiger partial charge in [0.2, 0.25) is 0 Å². The maximum Gasteiger partial charge on any atom is 0.338 e. The number of ether oxygens (including phenoxy) is 1. The van der Waals surface area contributed by atoms with Gasteiger partial charge in [-0.1, -0.05) is 48.2 Å². The van der Waals surface area contributed by atoms with E-state index < -0.39 is 0 Å². The molecule has 150 valence electrons. The molecule has 0 saturated heterocycles. The topological polar surface area (TPSA) is 57.0 Å². The van der Waals surface area contributed by atoms with Gasteiger partial charge < -0.3 is 9.30 Å². The fourth-order valence-corrected chi connectivity index (χ4v) is 4.39. The number of carbonyl (C=O) groups is 1. The summed E-state index contributed by atoms with van der Waals surface area (Å²) in [6.07, 6.45) is 1.86. The van der Waals surface area contributed by atoms with Crippen molar-refractivity contribution in [3.63, 3.8) is 0 Å². The Hall–Kier alpha value is -2.51. The summed E-state index contributed by atoms with van der Waals surface area (Å²) in [6, 6.07) is 17.7. The molecule has 0 aliphatic carbocycles. The van der Waals surface area contributed by atoms with Crippen LogP contribution in [0.4, 0.5) is 0 Å². The van der Waals surface area contributed by atoms with Crippen LogP contribution in [0.2, 0.25) is 0 Å². The first kappa shape index (κ1) is 21.2. The Balaban J connectivity index is 1.63. The molecule has 0 N–H and O–H groups in total. The highest BCUT2D eigenvalue weighted by molar-refractivity contribution is 7.98. The summed E-state index contributed by atoms with van der Waals surface area (Å²) in [4.78, 5) is 13.0. The molecule has 0 radical (unpaired) electrons. The minimum atomic E-state index is -0.294. The highest BCUT2D eigenvalue weighted by atomic mass is 32.2. The fraction of sp³-hybridized carbons (Fsp3) is 0.227. The van der Waals surface area contributed by atoms with Gasteiger partial charge in [0.25, 0.3) is 0 Å². The first-order valence-electron chi connectivity index (χ1n) is 9.31. The normalized spacial score (nSPS) is 10.7. The minimum absolute atomic E-state index is 0.294. The van der Waals surface area contributed by atoms with E-state index in [2.05, 4.69) is 33.5 Å². The molecule has 7 heteroatoms. The highest BCUT2D eigenvalue weighted by Gasteiger charge is 2.13. The molecule has 0 unspecified atom stereocenters. The van der Waals surface area contributed by atoms with E-state index in [0.717, 1.165) is 28.0 Å². The van der Waals surface area contributed by atoms with E-state index in [1.807, 2.05) is 36.4 Å². The summed E-state index contributed by atoms with van der Waals surface area (Å²) in [7, 11) is 0. The van der Waals surface area contributed by atoms with Crippen LogP contribution in [0.15, 0.2) is 77.3 Å². The van der Waals surface area contributed by atoms with Crippen molar-refractivity contribution in [2.45, 2.75) is 35.0 Å². The van der Waals surface area contributed by atoms with Crippen molar-refractivity contribution in [3.05, 3.63) is 84.2 Å². The Morgan fingerprint density at radius 2 is 1.83 bits per heavy atom. The second-order valence-electron chi connectivity index (χ2n) is 6.11. The zero-order chi connectivity index (χ0) is 20.5. The molecule has 0 saturated carbocycles. The average molecular weight is 426 g/mol. The third-order valence-corrected chi connectivity index (χ3v) is 6.10. The summed E-state index contributed by atoms with van der Waals surface area (Å²) in [5, 5.41) is 9.62. The molecule has 0 aliphatic heterocycles. The summed E-state index contributed by atoms with van der Waals surface area (Å²) >= 11 is 3.36. The van der Waals surface area contributed by atoms with Crippen LogP contribution in [-0.4, -0.2) is 27.3 Å². The molecule has 3 aromatic rings. The number of rotatable bonds is 10. The van der Waals surface area contributed by atoms with Crippen molar-refractivity contribution in [1.29, 1.82) is 0 Å². The van der Waals surface area contributed by atoms with Crippen LogP contribution in [0.1, 0.15) is 28.7 Å². The van der Waals surface area contributed by atoms with Gasteiger partial charge in [-0.2, -0.15) is 0 Å². The lowest BCUT2D eigenvalue weighted by Gasteiger charge is -2.08. The number of esters is 1. The van der Waals surface area contributed by atoms with Crippen LogP contribution in [0, 0.1) is 0 Å². The molecule has 1 heterocycles. The number of carbonyl (C=O) groups excluding carboxylic acids is 1. The van der Waals surface area contributed by atoms with Gasteiger partial charge in [-0.15, -0.1) is 28.5 Å². The van der Waals surface area contributed by atoms with E-state index in [-0.39, 0.29) is 5.97 Å². The molecule has 0 aliphatic rings. The van der Waals surface area contributed by atoms with Gasteiger partial charge in [0.05, 0.1) is 17.9 Å². The summed E-state index contributed by atoms with van der Waals surface area (Å²) in [6.45, 7) is 6.70. The van der Waals surface area contributed by atoms with Crippen molar-refractivity contribution in [2.24, 2.45) is 0 Å². The monoisotopic (exact) mass is 425 g/mol. The van der Waals surface area contributed by atoms with Crippen LogP contribution in [-0.2, 0) is 22.8 Å². The molecule has 29 heavy (non-hydrogen) atoms. The first-order valence-corrected chi connectivity index (χ1v) is 11.3. The van der Waals surface area contributed by atoms with Crippen LogP contribution >= 0.6 is 23.5 Å². The van der Waals surface area contributed by atoms with Crippen molar-refractivity contribution in [2.75, 3.05) is 6.61 Å². The Bertz CT molecular complexity index is 940. The lowest BCUT2D eigenvalue weighted by Crippen LogP contribution is -2.04. The first-order chi connectivity index (χ1) is 14.2. The summed E-state index contributed by atoms with van der Waals surface area (Å²) in [5.74, 6) is 2.13. The second kappa shape index (κ2) is 10.9. The lowest BCUT2D eigenvalue weighted by molar-refractivity contribution is 0.0526. The maximum atomic E-state index is 11.8. The third-order valence-electron chi connectivity index (χ3n) is 4.05. The zero-order valence-electron chi connectivity index (χ0n) is 16.3. The van der Waals surface area contributed by atoms with E-state index >= 15 is 0 Å². The molecule has 3 rings (SSSR count). The molecular weight excluding hydrogens is 402 g/mol. The van der Waals surface area contributed by atoms with Gasteiger partial charge in [0.15, 0.2) is 5.16 Å². The Morgan fingerprint density at radius 1 is 1.07 bits per heavy atom. The maximum absolute atomic E-state index is 11.8. The smallest absolute Gasteiger partial charge is 0.338 e. The van der Waals surface area contributed by atoms with Gasteiger partial charge in [0, 0.05) is 17.2 Å². The Kier molecular flexibility index (Phi) is 7.95. The zero-order valence-corrected chi connectivity index (χ0v) is 17.9. The quantitative estimate of drug-likeness (QED) is 0.252. The van der Waals surface area contributed by atoms with E-state index in [4.69, 9.17) is 4.74 Å². The predicted molar refractivity (Wildman–Crippen MR) is 118 cm³/mol. The Morgan fingerprint density at radius 3 is 2.52 bits per heavy atom. The van der Waals surface area contributed by atoms with E-state index in [9.17, 15) is 4.79 Å². The Labute approximate surface area is 179 Å². The number of nitrogens with zero attached hydrogens (tertiary/aromatic N) is 3. The number of benzene rings is 2. The van der Waals surface area contributed by atoms with Crippen molar-refractivity contribution in [1.82, 2.24) is 14.8 Å². The van der Waals surface area contributed by atoms with Crippen molar-refractivity contribution >= 4 is 29.5 Å². The minimum Gasteiger partial charge on any atom is -0.462 e.